The zero-order chi connectivity index (χ0) is 18.5. The van der Waals surface area contributed by atoms with E-state index in [1.807, 2.05) is 11.8 Å². The molecule has 2 aliphatic carbocycles. The van der Waals surface area contributed by atoms with Crippen LogP contribution in [0.4, 0.5) is 0 Å². The molecular formula is C21H33N3O2S. The number of carbonyl (C=O) groups excluding carboxylic acids is 1. The van der Waals surface area contributed by atoms with E-state index in [4.69, 9.17) is 9.51 Å². The third kappa shape index (κ3) is 4.87. The van der Waals surface area contributed by atoms with Crippen molar-refractivity contribution >= 4 is 17.7 Å². The minimum atomic E-state index is 0.139. The highest BCUT2D eigenvalue weighted by Crippen LogP contribution is 2.36. The molecule has 3 fully saturated rings. The SMILES string of the molecule is O=C(C1CCCCCC1)N1CCSC(c2nc(C3CCCCCC3)no2)C1. The lowest BCUT2D eigenvalue weighted by Gasteiger charge is -2.33. The summed E-state index contributed by atoms with van der Waals surface area (Å²) in [6.45, 7) is 1.59. The Morgan fingerprint density at radius 2 is 1.63 bits per heavy atom. The third-order valence-electron chi connectivity index (χ3n) is 6.54. The van der Waals surface area contributed by atoms with Gasteiger partial charge in [0.05, 0.1) is 0 Å². The number of hydrogen-bond acceptors (Lipinski definition) is 5. The molecule has 3 aliphatic rings. The number of aromatic nitrogens is 2. The molecule has 2 heterocycles. The van der Waals surface area contributed by atoms with Crippen molar-refractivity contribution in [2.24, 2.45) is 5.92 Å². The highest BCUT2D eigenvalue weighted by atomic mass is 32.2. The Kier molecular flexibility index (Phi) is 6.74. The van der Waals surface area contributed by atoms with Gasteiger partial charge in [0.15, 0.2) is 5.82 Å². The fourth-order valence-electron chi connectivity index (χ4n) is 4.86. The molecule has 1 amide bonds. The standard InChI is InChI=1S/C21H33N3O2S/c25-21(17-11-7-3-4-8-12-17)24-13-14-27-18(15-24)20-22-19(23-26-20)16-9-5-1-2-6-10-16/h16-18H,1-15H2. The number of rotatable bonds is 3. The fourth-order valence-corrected chi connectivity index (χ4v) is 6.00. The molecule has 0 bridgehead atoms. The predicted molar refractivity (Wildman–Crippen MR) is 108 cm³/mol. The van der Waals surface area contributed by atoms with Crippen LogP contribution in [-0.4, -0.2) is 39.8 Å². The summed E-state index contributed by atoms with van der Waals surface area (Å²) in [6.07, 6.45) is 14.7. The molecule has 150 valence electrons. The van der Waals surface area contributed by atoms with Crippen LogP contribution in [0.1, 0.15) is 99.9 Å². The zero-order valence-electron chi connectivity index (χ0n) is 16.4. The molecule has 1 atom stereocenters. The van der Waals surface area contributed by atoms with E-state index in [0.29, 0.717) is 11.8 Å². The monoisotopic (exact) mass is 391 g/mol. The zero-order valence-corrected chi connectivity index (χ0v) is 17.2. The van der Waals surface area contributed by atoms with Crippen molar-refractivity contribution in [2.45, 2.75) is 88.2 Å². The molecule has 0 N–H and O–H groups in total. The molecule has 1 unspecified atom stereocenters. The summed E-state index contributed by atoms with van der Waals surface area (Å²) in [5, 5.41) is 4.47. The van der Waals surface area contributed by atoms with Crippen molar-refractivity contribution in [1.29, 1.82) is 0 Å². The molecule has 4 rings (SSSR count). The average Bonchev–Trinajstić information content (AvgIpc) is 2.90. The van der Waals surface area contributed by atoms with Crippen LogP contribution in [0.2, 0.25) is 0 Å². The summed E-state index contributed by atoms with van der Waals surface area (Å²) in [7, 11) is 0. The quantitative estimate of drug-likeness (QED) is 0.671. The van der Waals surface area contributed by atoms with Gasteiger partial charge in [0.25, 0.3) is 0 Å². The summed E-state index contributed by atoms with van der Waals surface area (Å²) in [5.41, 5.74) is 0. The van der Waals surface area contributed by atoms with Crippen LogP contribution in [-0.2, 0) is 4.79 Å². The number of carbonyl (C=O) groups is 1. The molecule has 1 saturated heterocycles. The number of amides is 1. The molecule has 1 aromatic rings. The summed E-state index contributed by atoms with van der Waals surface area (Å²) in [6, 6.07) is 0. The molecule has 1 aliphatic heterocycles. The molecule has 5 nitrogen and oxygen atoms in total. The normalized spacial score (nSPS) is 26.5. The fraction of sp³-hybridized carbons (Fsp3) is 0.857. The summed E-state index contributed by atoms with van der Waals surface area (Å²) in [5.74, 6) is 3.66. The van der Waals surface area contributed by atoms with Gasteiger partial charge in [-0.15, -0.1) is 11.8 Å². The molecule has 0 spiro atoms. The molecule has 27 heavy (non-hydrogen) atoms. The van der Waals surface area contributed by atoms with Crippen LogP contribution in [0.25, 0.3) is 0 Å². The van der Waals surface area contributed by atoms with Crippen molar-refractivity contribution in [3.63, 3.8) is 0 Å². The maximum Gasteiger partial charge on any atom is 0.241 e. The van der Waals surface area contributed by atoms with Crippen LogP contribution in [0.5, 0.6) is 0 Å². The lowest BCUT2D eigenvalue weighted by atomic mass is 9.98. The summed E-state index contributed by atoms with van der Waals surface area (Å²) < 4.78 is 5.67. The van der Waals surface area contributed by atoms with E-state index >= 15 is 0 Å². The van der Waals surface area contributed by atoms with Gasteiger partial charge < -0.3 is 9.42 Å². The number of thioether (sulfide) groups is 1. The van der Waals surface area contributed by atoms with E-state index in [1.54, 1.807) is 0 Å². The van der Waals surface area contributed by atoms with Gasteiger partial charge in [-0.2, -0.15) is 4.98 Å². The van der Waals surface area contributed by atoms with Gasteiger partial charge in [0, 0.05) is 30.7 Å². The average molecular weight is 392 g/mol. The maximum absolute atomic E-state index is 13.0. The van der Waals surface area contributed by atoms with E-state index < -0.39 is 0 Å². The number of hydrogen-bond donors (Lipinski definition) is 0. The predicted octanol–water partition coefficient (Wildman–Crippen LogP) is 5.09. The minimum absolute atomic E-state index is 0.139. The third-order valence-corrected chi connectivity index (χ3v) is 7.71. The Bertz CT molecular complexity index is 604. The van der Waals surface area contributed by atoms with E-state index in [0.717, 1.165) is 43.4 Å². The van der Waals surface area contributed by atoms with Gasteiger partial charge in [-0.05, 0) is 25.7 Å². The number of nitrogens with zero attached hydrogens (tertiary/aromatic N) is 3. The second-order valence-corrected chi connectivity index (χ2v) is 9.82. The van der Waals surface area contributed by atoms with E-state index in [9.17, 15) is 4.79 Å². The van der Waals surface area contributed by atoms with Crippen LogP contribution in [0, 0.1) is 5.92 Å². The Hall–Kier alpha value is -1.04. The van der Waals surface area contributed by atoms with Crippen molar-refractivity contribution in [1.82, 2.24) is 15.0 Å². The maximum atomic E-state index is 13.0. The van der Waals surface area contributed by atoms with E-state index in [1.165, 1.54) is 64.2 Å². The highest BCUT2D eigenvalue weighted by molar-refractivity contribution is 7.99. The van der Waals surface area contributed by atoms with Gasteiger partial charge in [0.1, 0.15) is 5.25 Å². The first-order chi connectivity index (χ1) is 13.3. The second-order valence-electron chi connectivity index (χ2n) is 8.51. The Morgan fingerprint density at radius 3 is 2.33 bits per heavy atom. The molecule has 0 aromatic carbocycles. The molecule has 2 saturated carbocycles. The van der Waals surface area contributed by atoms with E-state index in [-0.39, 0.29) is 11.2 Å². The Morgan fingerprint density at radius 1 is 0.963 bits per heavy atom. The minimum Gasteiger partial charge on any atom is -0.340 e. The lowest BCUT2D eigenvalue weighted by Crippen LogP contribution is -2.42. The molecule has 0 radical (unpaired) electrons. The van der Waals surface area contributed by atoms with E-state index in [2.05, 4.69) is 10.1 Å². The first kappa shape index (κ1) is 19.3. The largest absolute Gasteiger partial charge is 0.340 e. The first-order valence-electron chi connectivity index (χ1n) is 11.0. The van der Waals surface area contributed by atoms with Crippen molar-refractivity contribution in [3.8, 4) is 0 Å². The van der Waals surface area contributed by atoms with Crippen molar-refractivity contribution in [2.75, 3.05) is 18.8 Å². The Labute approximate surface area is 167 Å². The molecule has 1 aromatic heterocycles. The van der Waals surface area contributed by atoms with Crippen LogP contribution in [0.15, 0.2) is 4.52 Å². The van der Waals surface area contributed by atoms with Crippen molar-refractivity contribution < 1.29 is 9.32 Å². The van der Waals surface area contributed by atoms with Gasteiger partial charge in [-0.25, -0.2) is 0 Å². The Balaban J connectivity index is 1.38. The van der Waals surface area contributed by atoms with Gasteiger partial charge in [0.2, 0.25) is 11.8 Å². The summed E-state index contributed by atoms with van der Waals surface area (Å²) >= 11 is 1.86. The van der Waals surface area contributed by atoms with Crippen LogP contribution < -0.4 is 0 Å². The highest BCUT2D eigenvalue weighted by Gasteiger charge is 2.33. The molecular weight excluding hydrogens is 358 g/mol. The first-order valence-corrected chi connectivity index (χ1v) is 12.1. The smallest absolute Gasteiger partial charge is 0.241 e. The topological polar surface area (TPSA) is 59.2 Å². The lowest BCUT2D eigenvalue weighted by molar-refractivity contribution is -0.136. The van der Waals surface area contributed by atoms with Crippen LogP contribution in [0.3, 0.4) is 0 Å². The van der Waals surface area contributed by atoms with Gasteiger partial charge in [-0.3, -0.25) is 4.79 Å². The second kappa shape index (κ2) is 9.44. The summed E-state index contributed by atoms with van der Waals surface area (Å²) in [4.78, 5) is 19.9. The van der Waals surface area contributed by atoms with Crippen molar-refractivity contribution in [3.05, 3.63) is 11.7 Å². The molecule has 6 heteroatoms. The van der Waals surface area contributed by atoms with Crippen LogP contribution >= 0.6 is 11.8 Å². The van der Waals surface area contributed by atoms with Gasteiger partial charge in [-0.1, -0.05) is 56.5 Å². The van der Waals surface area contributed by atoms with Gasteiger partial charge >= 0.3 is 0 Å².